The largest absolute Gasteiger partial charge is 0.274 e. The molecule has 0 bridgehead atoms. The number of hydrogen-bond acceptors (Lipinski definition) is 2. The molecule has 3 rings (SSSR count). The molecule has 19 heavy (non-hydrogen) atoms. The van der Waals surface area contributed by atoms with Gasteiger partial charge in [-0.3, -0.25) is 14.7 Å². The van der Waals surface area contributed by atoms with Crippen LogP contribution in [0.4, 0.5) is 5.69 Å². The first-order valence-electron chi connectivity index (χ1n) is 6.77. The van der Waals surface area contributed by atoms with Gasteiger partial charge in [0.25, 0.3) is 0 Å². The molecule has 0 N–H and O–H groups in total. The molecule has 0 fully saturated rings. The Labute approximate surface area is 113 Å². The van der Waals surface area contributed by atoms with Crippen LogP contribution in [0.5, 0.6) is 0 Å². The molecule has 0 saturated heterocycles. The molecule has 0 unspecified atom stereocenters. The van der Waals surface area contributed by atoms with Crippen molar-refractivity contribution in [3.05, 3.63) is 42.0 Å². The van der Waals surface area contributed by atoms with Crippen LogP contribution in [-0.4, -0.2) is 17.8 Å². The van der Waals surface area contributed by atoms with Crippen LogP contribution >= 0.6 is 0 Å². The monoisotopic (exact) mass is 254 g/mol. The summed E-state index contributed by atoms with van der Waals surface area (Å²) in [5.74, 6) is 1.01. The van der Waals surface area contributed by atoms with Gasteiger partial charge < -0.3 is 0 Å². The summed E-state index contributed by atoms with van der Waals surface area (Å²) in [6.45, 7) is 3.97. The Hall–Kier alpha value is -1.90. The highest BCUT2D eigenvalue weighted by molar-refractivity contribution is 6.18. The minimum absolute atomic E-state index is 0.00926. The summed E-state index contributed by atoms with van der Waals surface area (Å²) < 4.78 is 0. The van der Waals surface area contributed by atoms with Crippen LogP contribution in [0.2, 0.25) is 0 Å². The quantitative estimate of drug-likeness (QED) is 0.709. The maximum atomic E-state index is 12.7. The van der Waals surface area contributed by atoms with Crippen LogP contribution in [0.15, 0.2) is 41.4 Å². The standard InChI is InChI=1S/C16H18N2O/c1-11-7-9-13(10-8-11)18-12(2)17-15-6-4-3-5-14(15)16(18)19/h3-4,7-10,14-15H,5-6H2,1-2H3/t14-,15+/m0/s1. The SMILES string of the molecule is CC1=N[C@@H]2CC=CC[C@@H]2C(=O)N1c1ccc(C)cc1. The zero-order chi connectivity index (χ0) is 13.4. The first-order valence-corrected chi connectivity index (χ1v) is 6.77. The second kappa shape index (κ2) is 4.65. The van der Waals surface area contributed by atoms with Crippen LogP contribution < -0.4 is 4.90 Å². The fourth-order valence-electron chi connectivity index (χ4n) is 2.84. The molecule has 1 aromatic carbocycles. The average molecular weight is 254 g/mol. The number of aliphatic imine (C=N–C) groups is 1. The highest BCUT2D eigenvalue weighted by Gasteiger charge is 2.37. The van der Waals surface area contributed by atoms with Crippen LogP contribution in [0.25, 0.3) is 0 Å². The van der Waals surface area contributed by atoms with Gasteiger partial charge in [0.1, 0.15) is 5.84 Å². The molecule has 2 aliphatic rings. The zero-order valence-corrected chi connectivity index (χ0v) is 11.3. The molecule has 1 aliphatic heterocycles. The molecule has 3 nitrogen and oxygen atoms in total. The van der Waals surface area contributed by atoms with E-state index in [2.05, 4.69) is 12.2 Å². The molecule has 2 atom stereocenters. The average Bonchev–Trinajstić information content (AvgIpc) is 2.41. The van der Waals surface area contributed by atoms with E-state index in [-0.39, 0.29) is 17.9 Å². The van der Waals surface area contributed by atoms with Gasteiger partial charge in [0.15, 0.2) is 0 Å². The number of rotatable bonds is 1. The number of fused-ring (bicyclic) bond motifs is 1. The smallest absolute Gasteiger partial charge is 0.238 e. The van der Waals surface area contributed by atoms with Gasteiger partial charge in [-0.05, 0) is 38.8 Å². The molecule has 0 saturated carbocycles. The Morgan fingerprint density at radius 3 is 2.53 bits per heavy atom. The molecule has 1 amide bonds. The summed E-state index contributed by atoms with van der Waals surface area (Å²) >= 11 is 0. The van der Waals surface area contributed by atoms with E-state index >= 15 is 0 Å². The van der Waals surface area contributed by atoms with Crippen molar-refractivity contribution in [3.63, 3.8) is 0 Å². The maximum Gasteiger partial charge on any atom is 0.238 e. The van der Waals surface area contributed by atoms with Crippen molar-refractivity contribution in [1.29, 1.82) is 0 Å². The van der Waals surface area contributed by atoms with Gasteiger partial charge >= 0.3 is 0 Å². The third-order valence-electron chi connectivity index (χ3n) is 3.90. The number of carbonyl (C=O) groups excluding carboxylic acids is 1. The van der Waals surface area contributed by atoms with Crippen molar-refractivity contribution in [2.24, 2.45) is 10.9 Å². The first-order chi connectivity index (χ1) is 9.16. The lowest BCUT2D eigenvalue weighted by molar-refractivity contribution is -0.122. The van der Waals surface area contributed by atoms with Crippen molar-refractivity contribution in [1.82, 2.24) is 0 Å². The normalized spacial score (nSPS) is 26.1. The number of nitrogens with zero attached hydrogens (tertiary/aromatic N) is 2. The summed E-state index contributed by atoms with van der Waals surface area (Å²) in [4.78, 5) is 19.1. The molecule has 0 spiro atoms. The van der Waals surface area contributed by atoms with Crippen molar-refractivity contribution >= 4 is 17.4 Å². The predicted octanol–water partition coefficient (Wildman–Crippen LogP) is 3.09. The van der Waals surface area contributed by atoms with E-state index in [1.165, 1.54) is 5.56 Å². The second-order valence-corrected chi connectivity index (χ2v) is 5.30. The number of amidine groups is 1. The first kappa shape index (κ1) is 12.2. The Morgan fingerprint density at radius 1 is 1.11 bits per heavy atom. The molecule has 0 aromatic heterocycles. The highest BCUT2D eigenvalue weighted by Crippen LogP contribution is 2.31. The van der Waals surface area contributed by atoms with E-state index in [9.17, 15) is 4.79 Å². The van der Waals surface area contributed by atoms with Gasteiger partial charge in [-0.1, -0.05) is 29.8 Å². The van der Waals surface area contributed by atoms with Crippen LogP contribution in [0.3, 0.4) is 0 Å². The summed E-state index contributed by atoms with van der Waals surface area (Å²) in [7, 11) is 0. The number of amides is 1. The number of allylic oxidation sites excluding steroid dienone is 1. The summed E-state index contributed by atoms with van der Waals surface area (Å²) in [5, 5.41) is 0. The lowest BCUT2D eigenvalue weighted by atomic mass is 9.86. The molecular formula is C16H18N2O. The minimum Gasteiger partial charge on any atom is -0.274 e. The Balaban J connectivity index is 1.98. The van der Waals surface area contributed by atoms with Crippen molar-refractivity contribution in [3.8, 4) is 0 Å². The predicted molar refractivity (Wildman–Crippen MR) is 77.4 cm³/mol. The minimum atomic E-state index is 0.00926. The van der Waals surface area contributed by atoms with Crippen LogP contribution in [-0.2, 0) is 4.79 Å². The molecule has 3 heteroatoms. The number of hydrogen-bond donors (Lipinski definition) is 0. The third kappa shape index (κ3) is 2.09. The van der Waals surface area contributed by atoms with Crippen LogP contribution in [0.1, 0.15) is 25.3 Å². The van der Waals surface area contributed by atoms with Crippen LogP contribution in [0, 0.1) is 12.8 Å². The lowest BCUT2D eigenvalue weighted by Crippen LogP contribution is -2.48. The highest BCUT2D eigenvalue weighted by atomic mass is 16.2. The lowest BCUT2D eigenvalue weighted by Gasteiger charge is -2.36. The fourth-order valence-corrected chi connectivity index (χ4v) is 2.84. The van der Waals surface area contributed by atoms with E-state index in [1.807, 2.05) is 38.1 Å². The van der Waals surface area contributed by atoms with Gasteiger partial charge in [0.2, 0.25) is 5.91 Å². The van der Waals surface area contributed by atoms with E-state index in [0.29, 0.717) is 0 Å². The Kier molecular flexibility index (Phi) is 2.97. The molecule has 1 aromatic rings. The zero-order valence-electron chi connectivity index (χ0n) is 11.3. The summed E-state index contributed by atoms with van der Waals surface area (Å²) in [6, 6.07) is 8.18. The van der Waals surface area contributed by atoms with Crippen molar-refractivity contribution in [2.45, 2.75) is 32.7 Å². The molecule has 1 heterocycles. The summed E-state index contributed by atoms with van der Waals surface area (Å²) in [5.41, 5.74) is 2.12. The number of carbonyl (C=O) groups is 1. The molecule has 98 valence electrons. The van der Waals surface area contributed by atoms with Gasteiger partial charge in [0.05, 0.1) is 17.6 Å². The number of benzene rings is 1. The summed E-state index contributed by atoms with van der Waals surface area (Å²) in [6.07, 6.45) is 5.92. The van der Waals surface area contributed by atoms with E-state index in [0.717, 1.165) is 24.4 Å². The van der Waals surface area contributed by atoms with Gasteiger partial charge in [-0.15, -0.1) is 0 Å². The van der Waals surface area contributed by atoms with E-state index in [4.69, 9.17) is 4.99 Å². The third-order valence-corrected chi connectivity index (χ3v) is 3.90. The molecule has 0 radical (unpaired) electrons. The fraction of sp³-hybridized carbons (Fsp3) is 0.375. The van der Waals surface area contributed by atoms with Gasteiger partial charge in [-0.2, -0.15) is 0 Å². The Morgan fingerprint density at radius 2 is 1.79 bits per heavy atom. The van der Waals surface area contributed by atoms with E-state index < -0.39 is 0 Å². The molecular weight excluding hydrogens is 236 g/mol. The second-order valence-electron chi connectivity index (χ2n) is 5.30. The topological polar surface area (TPSA) is 32.7 Å². The van der Waals surface area contributed by atoms with Gasteiger partial charge in [0, 0.05) is 0 Å². The molecule has 1 aliphatic carbocycles. The number of aryl methyl sites for hydroxylation is 1. The van der Waals surface area contributed by atoms with Gasteiger partial charge in [-0.25, -0.2) is 0 Å². The van der Waals surface area contributed by atoms with E-state index in [1.54, 1.807) is 4.90 Å². The van der Waals surface area contributed by atoms with Crippen molar-refractivity contribution < 1.29 is 4.79 Å². The maximum absolute atomic E-state index is 12.7. The number of anilines is 1. The Bertz CT molecular complexity index is 557. The van der Waals surface area contributed by atoms with Crippen molar-refractivity contribution in [2.75, 3.05) is 4.90 Å².